The average Bonchev–Trinajstić information content (AvgIpc) is 2.13. The molecular formula is C8H17NO. The zero-order valence-electron chi connectivity index (χ0n) is 7.11. The van der Waals surface area contributed by atoms with Gasteiger partial charge in [0.15, 0.2) is 0 Å². The van der Waals surface area contributed by atoms with E-state index in [2.05, 4.69) is 19.2 Å². The van der Waals surface area contributed by atoms with Gasteiger partial charge in [-0.05, 0) is 12.5 Å². The van der Waals surface area contributed by atoms with E-state index in [4.69, 9.17) is 4.74 Å². The van der Waals surface area contributed by atoms with E-state index in [0.29, 0.717) is 11.3 Å². The summed E-state index contributed by atoms with van der Waals surface area (Å²) in [4.78, 5) is 0. The second kappa shape index (κ2) is 2.89. The first-order valence-electron chi connectivity index (χ1n) is 3.89. The van der Waals surface area contributed by atoms with Gasteiger partial charge in [-0.15, -0.1) is 0 Å². The van der Waals surface area contributed by atoms with Gasteiger partial charge in [-0.3, -0.25) is 0 Å². The molecule has 0 amide bonds. The van der Waals surface area contributed by atoms with Crippen LogP contribution >= 0.6 is 0 Å². The summed E-state index contributed by atoms with van der Waals surface area (Å²) in [5.41, 5.74) is 0.378. The summed E-state index contributed by atoms with van der Waals surface area (Å²) >= 11 is 0. The van der Waals surface area contributed by atoms with Crippen LogP contribution in [0.3, 0.4) is 0 Å². The molecule has 0 aliphatic carbocycles. The van der Waals surface area contributed by atoms with Crippen molar-refractivity contribution in [3.8, 4) is 0 Å². The highest BCUT2D eigenvalue weighted by atomic mass is 16.5. The highest BCUT2D eigenvalue weighted by Crippen LogP contribution is 2.32. The fraction of sp³-hybridized carbons (Fsp3) is 1.00. The molecule has 2 heteroatoms. The van der Waals surface area contributed by atoms with Crippen molar-refractivity contribution >= 4 is 0 Å². The van der Waals surface area contributed by atoms with Crippen molar-refractivity contribution in [1.29, 1.82) is 0 Å². The van der Waals surface area contributed by atoms with Gasteiger partial charge in [0.1, 0.15) is 0 Å². The maximum atomic E-state index is 5.38. The zero-order chi connectivity index (χ0) is 7.61. The first-order valence-corrected chi connectivity index (χ1v) is 3.89. The zero-order valence-corrected chi connectivity index (χ0v) is 7.11. The van der Waals surface area contributed by atoms with Gasteiger partial charge in [0.25, 0.3) is 0 Å². The van der Waals surface area contributed by atoms with E-state index in [0.717, 1.165) is 19.8 Å². The Labute approximate surface area is 63.0 Å². The molecule has 1 atom stereocenters. The summed E-state index contributed by atoms with van der Waals surface area (Å²) in [6, 6.07) is 0. The minimum Gasteiger partial charge on any atom is -0.381 e. The maximum Gasteiger partial charge on any atom is 0.0521 e. The van der Waals surface area contributed by atoms with E-state index in [1.54, 1.807) is 0 Å². The smallest absolute Gasteiger partial charge is 0.0521 e. The fourth-order valence-corrected chi connectivity index (χ4v) is 1.39. The van der Waals surface area contributed by atoms with E-state index < -0.39 is 0 Å². The molecule has 0 radical (unpaired) electrons. The molecule has 2 nitrogen and oxygen atoms in total. The third kappa shape index (κ3) is 1.50. The van der Waals surface area contributed by atoms with Gasteiger partial charge in [-0.2, -0.15) is 0 Å². The number of nitrogens with one attached hydrogen (secondary N) is 1. The molecule has 0 aromatic rings. The van der Waals surface area contributed by atoms with E-state index >= 15 is 0 Å². The summed E-state index contributed by atoms with van der Waals surface area (Å²) in [5, 5.41) is 3.19. The van der Waals surface area contributed by atoms with Crippen molar-refractivity contribution < 1.29 is 4.74 Å². The molecule has 1 fully saturated rings. The van der Waals surface area contributed by atoms with Crippen LogP contribution in [0.5, 0.6) is 0 Å². The highest BCUT2D eigenvalue weighted by Gasteiger charge is 2.34. The molecule has 1 heterocycles. The van der Waals surface area contributed by atoms with Crippen LogP contribution in [-0.4, -0.2) is 26.8 Å². The SMILES string of the molecule is CNCC1COCC1(C)C. The van der Waals surface area contributed by atoms with Gasteiger partial charge >= 0.3 is 0 Å². The molecule has 0 saturated carbocycles. The third-order valence-corrected chi connectivity index (χ3v) is 2.35. The van der Waals surface area contributed by atoms with Crippen LogP contribution in [0.25, 0.3) is 0 Å². The molecule has 1 N–H and O–H groups in total. The lowest BCUT2D eigenvalue weighted by molar-refractivity contribution is 0.166. The maximum absolute atomic E-state index is 5.38. The molecule has 1 saturated heterocycles. The van der Waals surface area contributed by atoms with Gasteiger partial charge in [-0.25, -0.2) is 0 Å². The lowest BCUT2D eigenvalue weighted by atomic mass is 9.82. The van der Waals surface area contributed by atoms with Crippen molar-refractivity contribution in [2.75, 3.05) is 26.8 Å². The quantitative estimate of drug-likeness (QED) is 0.619. The Hall–Kier alpha value is -0.0800. The summed E-state index contributed by atoms with van der Waals surface area (Å²) in [6.07, 6.45) is 0. The number of ether oxygens (including phenoxy) is 1. The third-order valence-electron chi connectivity index (χ3n) is 2.35. The molecular weight excluding hydrogens is 126 g/mol. The molecule has 1 aliphatic heterocycles. The average molecular weight is 143 g/mol. The van der Waals surface area contributed by atoms with E-state index in [9.17, 15) is 0 Å². The lowest BCUT2D eigenvalue weighted by Gasteiger charge is -2.23. The summed E-state index contributed by atoms with van der Waals surface area (Å²) in [5.74, 6) is 0.692. The Kier molecular flexibility index (Phi) is 2.32. The monoisotopic (exact) mass is 143 g/mol. The predicted octanol–water partition coefficient (Wildman–Crippen LogP) is 0.878. The van der Waals surface area contributed by atoms with Crippen LogP contribution < -0.4 is 5.32 Å². The van der Waals surface area contributed by atoms with Crippen LogP contribution in [0, 0.1) is 11.3 Å². The topological polar surface area (TPSA) is 21.3 Å². The number of rotatable bonds is 2. The minimum absolute atomic E-state index is 0.378. The molecule has 10 heavy (non-hydrogen) atoms. The molecule has 1 rings (SSSR count). The van der Waals surface area contributed by atoms with Gasteiger partial charge in [-0.1, -0.05) is 13.8 Å². The van der Waals surface area contributed by atoms with Crippen LogP contribution in [0.2, 0.25) is 0 Å². The highest BCUT2D eigenvalue weighted by molar-refractivity contribution is 4.83. The first kappa shape index (κ1) is 8.02. The van der Waals surface area contributed by atoms with Crippen molar-refractivity contribution in [3.05, 3.63) is 0 Å². The molecule has 1 aliphatic rings. The Morgan fingerprint density at radius 1 is 1.60 bits per heavy atom. The summed E-state index contributed by atoms with van der Waals surface area (Å²) in [7, 11) is 1.99. The van der Waals surface area contributed by atoms with Crippen LogP contribution in [0.4, 0.5) is 0 Å². The first-order chi connectivity index (χ1) is 4.67. The molecule has 0 aromatic heterocycles. The van der Waals surface area contributed by atoms with Crippen molar-refractivity contribution in [1.82, 2.24) is 5.32 Å². The van der Waals surface area contributed by atoms with Gasteiger partial charge in [0.2, 0.25) is 0 Å². The fourth-order valence-electron chi connectivity index (χ4n) is 1.39. The largest absolute Gasteiger partial charge is 0.381 e. The molecule has 0 spiro atoms. The van der Waals surface area contributed by atoms with E-state index in [1.165, 1.54) is 0 Å². The van der Waals surface area contributed by atoms with Gasteiger partial charge in [0, 0.05) is 12.5 Å². The van der Waals surface area contributed by atoms with E-state index in [1.807, 2.05) is 7.05 Å². The van der Waals surface area contributed by atoms with Crippen LogP contribution in [-0.2, 0) is 4.74 Å². The van der Waals surface area contributed by atoms with Crippen LogP contribution in [0.15, 0.2) is 0 Å². The second-order valence-corrected chi connectivity index (χ2v) is 3.76. The lowest BCUT2D eigenvalue weighted by Crippen LogP contribution is -2.30. The van der Waals surface area contributed by atoms with Gasteiger partial charge in [0.05, 0.1) is 13.2 Å². The Bertz CT molecular complexity index is 112. The minimum atomic E-state index is 0.378. The van der Waals surface area contributed by atoms with Crippen molar-refractivity contribution in [2.45, 2.75) is 13.8 Å². The standard InChI is InChI=1S/C8H17NO/c1-8(2)6-10-5-7(8)4-9-3/h7,9H,4-6H2,1-3H3. The Morgan fingerprint density at radius 2 is 2.30 bits per heavy atom. The van der Waals surface area contributed by atoms with Crippen LogP contribution in [0.1, 0.15) is 13.8 Å². The van der Waals surface area contributed by atoms with Gasteiger partial charge < -0.3 is 10.1 Å². The molecule has 60 valence electrons. The number of hydrogen-bond acceptors (Lipinski definition) is 2. The van der Waals surface area contributed by atoms with Crippen molar-refractivity contribution in [2.24, 2.45) is 11.3 Å². The Morgan fingerprint density at radius 3 is 2.70 bits per heavy atom. The molecule has 0 bridgehead atoms. The summed E-state index contributed by atoms with van der Waals surface area (Å²) in [6.45, 7) is 7.45. The molecule has 1 unspecified atom stereocenters. The second-order valence-electron chi connectivity index (χ2n) is 3.76. The molecule has 0 aromatic carbocycles. The normalized spacial score (nSPS) is 30.9. The Balaban J connectivity index is 2.43. The summed E-state index contributed by atoms with van der Waals surface area (Å²) < 4.78 is 5.38. The van der Waals surface area contributed by atoms with E-state index in [-0.39, 0.29) is 0 Å². The predicted molar refractivity (Wildman–Crippen MR) is 42.0 cm³/mol. The number of hydrogen-bond donors (Lipinski definition) is 1. The van der Waals surface area contributed by atoms with Crippen molar-refractivity contribution in [3.63, 3.8) is 0 Å².